The van der Waals surface area contributed by atoms with Crippen molar-refractivity contribution in [1.29, 1.82) is 0 Å². The van der Waals surface area contributed by atoms with Gasteiger partial charge in [0.1, 0.15) is 18.6 Å². The second kappa shape index (κ2) is 20.5. The fourth-order valence-corrected chi connectivity index (χ4v) is 9.19. The lowest BCUT2D eigenvalue weighted by molar-refractivity contribution is -0.155. The standard InChI is InChI=1S/C50H59F5N6O7/c1-8-42(62)59-23-34(24-59)67-25-38(28(2)3)46(63)57-40-19-30-17-32(20-33(18-30)45(51)52)31-13-14-41-36(21-31)37(22-49(5,6)27-68-48(65)39-12-10-16-61(58-39)47(40)64)44(60(41)26-50(53,54)55)35-11-9-15-56-43(35)29(4)66-7/h8-9,11,13-15,17-18,20-21,28-29,34,38-40,45,58H,1,10,12,16,19,22-27H2,2-7H3,(H,57,63)/t29-,38?,39-,40-/m0/s1. The fourth-order valence-electron chi connectivity index (χ4n) is 9.19. The quantitative estimate of drug-likeness (QED) is 0.0823. The van der Waals surface area contributed by atoms with Crippen molar-refractivity contribution in [3.05, 3.63) is 89.8 Å². The van der Waals surface area contributed by atoms with Gasteiger partial charge in [-0.25, -0.2) is 14.2 Å². The Balaban J connectivity index is 1.36. The van der Waals surface area contributed by atoms with Crippen molar-refractivity contribution in [3.8, 4) is 22.4 Å². The van der Waals surface area contributed by atoms with Gasteiger partial charge in [0.25, 0.3) is 12.3 Å². The molecule has 2 fully saturated rings. The lowest BCUT2D eigenvalue weighted by Gasteiger charge is -2.39. The molecule has 0 spiro atoms. The highest BCUT2D eigenvalue weighted by molar-refractivity contribution is 5.96. The number of aromatic nitrogens is 2. The average Bonchev–Trinajstić information content (AvgIpc) is 3.56. The summed E-state index contributed by atoms with van der Waals surface area (Å²) in [6.45, 7) is 11.9. The van der Waals surface area contributed by atoms with Gasteiger partial charge in [-0.3, -0.25) is 29.2 Å². The largest absolute Gasteiger partial charge is 0.464 e. The molecule has 4 atom stereocenters. The Morgan fingerprint density at radius 1 is 1.07 bits per heavy atom. The highest BCUT2D eigenvalue weighted by atomic mass is 19.4. The highest BCUT2D eigenvalue weighted by Crippen LogP contribution is 2.43. The summed E-state index contributed by atoms with van der Waals surface area (Å²) in [5.74, 6) is -3.03. The molecule has 2 N–H and O–H groups in total. The van der Waals surface area contributed by atoms with Gasteiger partial charge in [0.05, 0.1) is 42.7 Å². The molecule has 2 saturated heterocycles. The number of carbonyl (C=O) groups excluding carboxylic acids is 4. The van der Waals surface area contributed by atoms with Crippen LogP contribution < -0.4 is 10.7 Å². The van der Waals surface area contributed by atoms with Gasteiger partial charge >= 0.3 is 12.1 Å². The maximum Gasteiger partial charge on any atom is 0.406 e. The number of hydrazine groups is 1. The van der Waals surface area contributed by atoms with Gasteiger partial charge in [0, 0.05) is 66.8 Å². The van der Waals surface area contributed by atoms with Crippen LogP contribution in [0.3, 0.4) is 0 Å². The molecule has 2 aromatic heterocycles. The number of pyridine rings is 1. The summed E-state index contributed by atoms with van der Waals surface area (Å²) in [5, 5.41) is 4.56. The Morgan fingerprint density at radius 2 is 1.82 bits per heavy atom. The van der Waals surface area contributed by atoms with E-state index in [1.54, 1.807) is 48.2 Å². The minimum Gasteiger partial charge on any atom is -0.464 e. The molecule has 13 nitrogen and oxygen atoms in total. The van der Waals surface area contributed by atoms with Gasteiger partial charge in [-0.1, -0.05) is 52.5 Å². The number of methoxy groups -OCH3 is 1. The van der Waals surface area contributed by atoms with Crippen LogP contribution in [0.4, 0.5) is 22.0 Å². The van der Waals surface area contributed by atoms with Crippen LogP contribution in [0.25, 0.3) is 33.3 Å². The van der Waals surface area contributed by atoms with Gasteiger partial charge in [-0.2, -0.15) is 13.2 Å². The van der Waals surface area contributed by atoms with Crippen molar-refractivity contribution in [3.63, 3.8) is 0 Å². The molecular formula is C50H59F5N6O7. The maximum atomic E-state index is 14.9. The van der Waals surface area contributed by atoms with Crippen molar-refractivity contribution in [2.24, 2.45) is 17.3 Å². The minimum atomic E-state index is -4.66. The molecule has 7 rings (SSSR count). The van der Waals surface area contributed by atoms with E-state index < -0.39 is 66.5 Å². The number of rotatable bonds is 12. The van der Waals surface area contributed by atoms with Gasteiger partial charge in [0.15, 0.2) is 0 Å². The van der Waals surface area contributed by atoms with E-state index in [9.17, 15) is 41.1 Å². The predicted molar refractivity (Wildman–Crippen MR) is 244 cm³/mol. The number of hydrogen-bond donors (Lipinski definition) is 2. The van der Waals surface area contributed by atoms with Crippen LogP contribution in [-0.4, -0.2) is 107 Å². The molecule has 1 unspecified atom stereocenters. The summed E-state index contributed by atoms with van der Waals surface area (Å²) in [7, 11) is 1.48. The van der Waals surface area contributed by atoms with Crippen molar-refractivity contribution in [2.45, 2.75) is 104 Å². The van der Waals surface area contributed by atoms with Crippen LogP contribution in [-0.2, 0) is 52.8 Å². The number of nitrogens with zero attached hydrogens (tertiary/aromatic N) is 4. The summed E-state index contributed by atoms with van der Waals surface area (Å²) in [6, 6.07) is 10.1. The van der Waals surface area contributed by atoms with Crippen LogP contribution in [0.5, 0.6) is 0 Å². The van der Waals surface area contributed by atoms with Crippen molar-refractivity contribution < 1.29 is 55.3 Å². The number of alkyl halides is 5. The normalized spacial score (nSPS) is 20.2. The minimum absolute atomic E-state index is 0.0210. The van der Waals surface area contributed by atoms with Crippen molar-refractivity contribution >= 4 is 34.6 Å². The zero-order chi connectivity index (χ0) is 49.2. The number of esters is 1. The zero-order valence-electron chi connectivity index (χ0n) is 39.1. The smallest absolute Gasteiger partial charge is 0.406 e. The van der Waals surface area contributed by atoms with E-state index in [0.717, 1.165) is 0 Å². The van der Waals surface area contributed by atoms with Gasteiger partial charge in [0.2, 0.25) is 11.8 Å². The van der Waals surface area contributed by atoms with E-state index in [1.165, 1.54) is 41.1 Å². The first kappa shape index (κ1) is 50.2. The molecule has 3 amide bonds. The van der Waals surface area contributed by atoms with E-state index in [4.69, 9.17) is 14.2 Å². The number of nitrogens with one attached hydrogen (secondary N) is 2. The second-order valence-corrected chi connectivity index (χ2v) is 19.1. The molecule has 3 aliphatic heterocycles. The monoisotopic (exact) mass is 950 g/mol. The number of hydrogen-bond acceptors (Lipinski definition) is 9. The van der Waals surface area contributed by atoms with E-state index in [-0.39, 0.29) is 72.9 Å². The molecule has 5 heterocycles. The molecular weight excluding hydrogens is 892 g/mol. The van der Waals surface area contributed by atoms with Crippen molar-refractivity contribution in [1.82, 2.24) is 30.2 Å². The molecule has 18 heteroatoms. The number of fused-ring (bicyclic) bond motifs is 6. The third kappa shape index (κ3) is 11.2. The Labute approximate surface area is 392 Å². The molecule has 6 bridgehead atoms. The first-order valence-electron chi connectivity index (χ1n) is 22.9. The summed E-state index contributed by atoms with van der Waals surface area (Å²) in [5.41, 5.74) is 4.50. The molecule has 2 aromatic carbocycles. The number of ether oxygens (including phenoxy) is 3. The number of benzene rings is 2. The third-order valence-electron chi connectivity index (χ3n) is 13.0. The molecule has 3 aliphatic rings. The fraction of sp³-hybridized carbons (Fsp3) is 0.500. The van der Waals surface area contributed by atoms with Gasteiger partial charge in [-0.05, 0) is 90.8 Å². The average molecular weight is 951 g/mol. The summed E-state index contributed by atoms with van der Waals surface area (Å²) in [6.07, 6.45) is -5.23. The van der Waals surface area contributed by atoms with E-state index in [1.807, 2.05) is 27.7 Å². The highest BCUT2D eigenvalue weighted by Gasteiger charge is 2.39. The lowest BCUT2D eigenvalue weighted by atomic mass is 9.84. The third-order valence-corrected chi connectivity index (χ3v) is 13.0. The summed E-state index contributed by atoms with van der Waals surface area (Å²) < 4.78 is 92.7. The number of amides is 3. The van der Waals surface area contributed by atoms with Crippen LogP contribution in [0, 0.1) is 17.3 Å². The van der Waals surface area contributed by atoms with Gasteiger partial charge < -0.3 is 29.0 Å². The topological polar surface area (TPSA) is 144 Å². The van der Waals surface area contributed by atoms with Crippen molar-refractivity contribution in [2.75, 3.05) is 40.0 Å². The first-order valence-corrected chi connectivity index (χ1v) is 22.9. The Kier molecular flexibility index (Phi) is 15.1. The SMILES string of the molecule is C=CC(=O)N1CC(OCC(C(=O)N[C@H]2Cc3cc(cc(C(F)F)c3)-c3ccc4c(c3)c(c(-c3cccnc3[C@H](C)OC)n4CC(F)(F)F)CC(C)(C)COC(=O)[C@@H]3CCCN(N3)C2=O)C(C)C)C1. The second-order valence-electron chi connectivity index (χ2n) is 19.1. The van der Waals surface area contributed by atoms with Crippen LogP contribution in [0.1, 0.15) is 82.4 Å². The van der Waals surface area contributed by atoms with Gasteiger partial charge in [-0.15, -0.1) is 0 Å². The van der Waals surface area contributed by atoms with Crippen LogP contribution in [0.15, 0.2) is 67.4 Å². The Morgan fingerprint density at radius 3 is 2.50 bits per heavy atom. The van der Waals surface area contributed by atoms with Crippen LogP contribution >= 0.6 is 0 Å². The summed E-state index contributed by atoms with van der Waals surface area (Å²) in [4.78, 5) is 60.8. The molecule has 0 aliphatic carbocycles. The molecule has 68 heavy (non-hydrogen) atoms. The maximum absolute atomic E-state index is 14.9. The zero-order valence-corrected chi connectivity index (χ0v) is 39.1. The van der Waals surface area contributed by atoms with Crippen LogP contribution in [0.2, 0.25) is 0 Å². The molecule has 366 valence electrons. The predicted octanol–water partition coefficient (Wildman–Crippen LogP) is 7.91. The molecule has 4 aromatic rings. The summed E-state index contributed by atoms with van der Waals surface area (Å²) >= 11 is 0. The first-order chi connectivity index (χ1) is 32.2. The number of halogens is 5. The Hall–Kier alpha value is -5.72. The molecule has 0 saturated carbocycles. The van der Waals surface area contributed by atoms with E-state index in [2.05, 4.69) is 22.3 Å². The molecule has 0 radical (unpaired) electrons. The Bertz CT molecular complexity index is 2540. The number of carbonyl (C=O) groups is 4. The van der Waals surface area contributed by atoms with E-state index >= 15 is 0 Å². The van der Waals surface area contributed by atoms with E-state index in [0.29, 0.717) is 59.3 Å². The lowest BCUT2D eigenvalue weighted by Crippen LogP contribution is -2.61. The number of cyclic esters (lactones) is 1. The number of likely N-dealkylation sites (tertiary alicyclic amines) is 1.